The van der Waals surface area contributed by atoms with Gasteiger partial charge in [-0.05, 0) is 25.7 Å². The molecule has 0 bridgehead atoms. The topological polar surface area (TPSA) is 53.2 Å². The van der Waals surface area contributed by atoms with E-state index in [1.54, 1.807) is 0 Å². The third-order valence-electron chi connectivity index (χ3n) is 2.84. The van der Waals surface area contributed by atoms with E-state index in [-0.39, 0.29) is 12.7 Å². The van der Waals surface area contributed by atoms with Gasteiger partial charge in [-0.2, -0.15) is 5.26 Å². The van der Waals surface area contributed by atoms with Crippen LogP contribution in [-0.2, 0) is 4.74 Å². The Labute approximate surface area is 106 Å². The number of hydrogen-bond donors (Lipinski definition) is 1. The Morgan fingerprint density at radius 1 is 1.06 bits per heavy atom. The van der Waals surface area contributed by atoms with Gasteiger partial charge in [-0.1, -0.05) is 39.0 Å². The second-order valence-corrected chi connectivity index (χ2v) is 4.48. The number of hydrogen-bond acceptors (Lipinski definition) is 3. The van der Waals surface area contributed by atoms with Crippen molar-refractivity contribution >= 4 is 0 Å². The lowest BCUT2D eigenvalue weighted by atomic mass is 10.1. The first-order valence-electron chi connectivity index (χ1n) is 6.97. The summed E-state index contributed by atoms with van der Waals surface area (Å²) in [6, 6.07) is 2.17. The Balaban J connectivity index is 3.29. The van der Waals surface area contributed by atoms with E-state index >= 15 is 0 Å². The van der Waals surface area contributed by atoms with Gasteiger partial charge in [0.1, 0.15) is 6.10 Å². The van der Waals surface area contributed by atoms with E-state index in [4.69, 9.17) is 15.1 Å². The van der Waals surface area contributed by atoms with Crippen LogP contribution in [0.1, 0.15) is 64.7 Å². The zero-order valence-electron chi connectivity index (χ0n) is 11.2. The van der Waals surface area contributed by atoms with Crippen LogP contribution in [-0.4, -0.2) is 24.4 Å². The molecule has 0 saturated carbocycles. The smallest absolute Gasteiger partial charge is 0.143 e. The van der Waals surface area contributed by atoms with Gasteiger partial charge >= 0.3 is 0 Å². The van der Waals surface area contributed by atoms with Gasteiger partial charge in [-0.15, -0.1) is 0 Å². The van der Waals surface area contributed by atoms with Gasteiger partial charge in [0.25, 0.3) is 0 Å². The summed E-state index contributed by atoms with van der Waals surface area (Å²) < 4.78 is 5.50. The van der Waals surface area contributed by atoms with Crippen LogP contribution in [0, 0.1) is 11.3 Å². The molecule has 0 heterocycles. The van der Waals surface area contributed by atoms with Crippen molar-refractivity contribution in [3.05, 3.63) is 0 Å². The van der Waals surface area contributed by atoms with Gasteiger partial charge < -0.3 is 9.84 Å². The number of rotatable bonds is 12. The summed E-state index contributed by atoms with van der Waals surface area (Å²) in [6.45, 7) is 3.12. The van der Waals surface area contributed by atoms with Crippen molar-refractivity contribution in [2.75, 3.05) is 13.2 Å². The standard InChI is InChI=1S/C14H27NO2/c1-2-3-4-5-6-9-12-17-14(13-15)10-7-8-11-16/h14,16H,2-12H2,1H3. The highest BCUT2D eigenvalue weighted by atomic mass is 16.5. The third kappa shape index (κ3) is 11.7. The van der Waals surface area contributed by atoms with Crippen molar-refractivity contribution in [2.45, 2.75) is 70.8 Å². The van der Waals surface area contributed by atoms with Gasteiger partial charge in [-0.3, -0.25) is 0 Å². The number of nitriles is 1. The van der Waals surface area contributed by atoms with Crippen LogP contribution >= 0.6 is 0 Å². The fourth-order valence-corrected chi connectivity index (χ4v) is 1.73. The lowest BCUT2D eigenvalue weighted by Gasteiger charge is -2.10. The summed E-state index contributed by atoms with van der Waals surface area (Å²) in [7, 11) is 0. The number of unbranched alkanes of at least 4 members (excludes halogenated alkanes) is 6. The Kier molecular flexibility index (Phi) is 13.0. The summed E-state index contributed by atoms with van der Waals surface area (Å²) >= 11 is 0. The Morgan fingerprint density at radius 3 is 2.41 bits per heavy atom. The molecule has 0 aliphatic heterocycles. The molecule has 0 aromatic carbocycles. The molecule has 17 heavy (non-hydrogen) atoms. The van der Waals surface area contributed by atoms with Crippen LogP contribution in [0.2, 0.25) is 0 Å². The van der Waals surface area contributed by atoms with Gasteiger partial charge in [0.05, 0.1) is 6.07 Å². The summed E-state index contributed by atoms with van der Waals surface area (Å²) in [5.41, 5.74) is 0. The summed E-state index contributed by atoms with van der Waals surface area (Å²) in [5, 5.41) is 17.5. The maximum absolute atomic E-state index is 8.86. The number of ether oxygens (including phenoxy) is 1. The molecule has 1 N–H and O–H groups in total. The summed E-state index contributed by atoms with van der Waals surface area (Å²) in [5.74, 6) is 0. The summed E-state index contributed by atoms with van der Waals surface area (Å²) in [4.78, 5) is 0. The van der Waals surface area contributed by atoms with E-state index in [2.05, 4.69) is 13.0 Å². The molecule has 1 atom stereocenters. The fourth-order valence-electron chi connectivity index (χ4n) is 1.73. The molecule has 1 unspecified atom stereocenters. The third-order valence-corrected chi connectivity index (χ3v) is 2.84. The van der Waals surface area contributed by atoms with Crippen molar-refractivity contribution in [2.24, 2.45) is 0 Å². The first-order chi connectivity index (χ1) is 8.35. The molecule has 0 saturated heterocycles. The highest BCUT2D eigenvalue weighted by molar-refractivity contribution is 4.83. The number of aliphatic hydroxyl groups is 1. The minimum Gasteiger partial charge on any atom is -0.396 e. The van der Waals surface area contributed by atoms with Crippen molar-refractivity contribution in [1.29, 1.82) is 5.26 Å². The molecular formula is C14H27NO2. The molecule has 0 aliphatic rings. The van der Waals surface area contributed by atoms with Crippen LogP contribution in [0.5, 0.6) is 0 Å². The van der Waals surface area contributed by atoms with E-state index in [0.717, 1.165) is 25.7 Å². The number of nitrogens with zero attached hydrogens (tertiary/aromatic N) is 1. The van der Waals surface area contributed by atoms with Crippen LogP contribution in [0.25, 0.3) is 0 Å². The molecule has 3 nitrogen and oxygen atoms in total. The largest absolute Gasteiger partial charge is 0.396 e. The van der Waals surface area contributed by atoms with Crippen LogP contribution in [0.15, 0.2) is 0 Å². The molecule has 0 aliphatic carbocycles. The summed E-state index contributed by atoms with van der Waals surface area (Å²) in [6.07, 6.45) is 9.54. The maximum atomic E-state index is 8.86. The minimum absolute atomic E-state index is 0.204. The monoisotopic (exact) mass is 241 g/mol. The van der Waals surface area contributed by atoms with Gasteiger partial charge in [0.2, 0.25) is 0 Å². The SMILES string of the molecule is CCCCCCCCOC(C#N)CCCCO. The van der Waals surface area contributed by atoms with Gasteiger partial charge in [-0.25, -0.2) is 0 Å². The minimum atomic E-state index is -0.280. The highest BCUT2D eigenvalue weighted by Crippen LogP contribution is 2.08. The quantitative estimate of drug-likeness (QED) is 0.533. The molecule has 3 heteroatoms. The van der Waals surface area contributed by atoms with Crippen molar-refractivity contribution in [1.82, 2.24) is 0 Å². The first kappa shape index (κ1) is 16.4. The second-order valence-electron chi connectivity index (χ2n) is 4.48. The average molecular weight is 241 g/mol. The molecule has 0 aromatic rings. The first-order valence-corrected chi connectivity index (χ1v) is 6.97. The number of aliphatic hydroxyl groups excluding tert-OH is 1. The van der Waals surface area contributed by atoms with E-state index in [1.165, 1.54) is 32.1 Å². The van der Waals surface area contributed by atoms with Crippen LogP contribution in [0.3, 0.4) is 0 Å². The van der Waals surface area contributed by atoms with Crippen molar-refractivity contribution in [3.63, 3.8) is 0 Å². The molecular weight excluding hydrogens is 214 g/mol. The average Bonchev–Trinajstić information content (AvgIpc) is 2.35. The van der Waals surface area contributed by atoms with Crippen LogP contribution < -0.4 is 0 Å². The highest BCUT2D eigenvalue weighted by Gasteiger charge is 2.06. The predicted octanol–water partition coefficient (Wildman–Crippen LogP) is 3.42. The van der Waals surface area contributed by atoms with E-state index in [9.17, 15) is 0 Å². The normalized spacial score (nSPS) is 12.3. The van der Waals surface area contributed by atoms with E-state index in [1.807, 2.05) is 0 Å². The zero-order valence-corrected chi connectivity index (χ0v) is 11.2. The Morgan fingerprint density at radius 2 is 1.76 bits per heavy atom. The van der Waals surface area contributed by atoms with E-state index in [0.29, 0.717) is 6.61 Å². The fraction of sp³-hybridized carbons (Fsp3) is 0.929. The Hall–Kier alpha value is -0.590. The molecule has 0 amide bonds. The lowest BCUT2D eigenvalue weighted by molar-refractivity contribution is 0.0783. The Bertz CT molecular complexity index is 189. The van der Waals surface area contributed by atoms with Crippen molar-refractivity contribution in [3.8, 4) is 6.07 Å². The molecule has 0 spiro atoms. The van der Waals surface area contributed by atoms with E-state index < -0.39 is 0 Å². The molecule has 0 aromatic heterocycles. The van der Waals surface area contributed by atoms with Crippen molar-refractivity contribution < 1.29 is 9.84 Å². The zero-order chi connectivity index (χ0) is 12.8. The lowest BCUT2D eigenvalue weighted by Crippen LogP contribution is -2.11. The molecule has 0 fully saturated rings. The van der Waals surface area contributed by atoms with Gasteiger partial charge in [0.15, 0.2) is 0 Å². The molecule has 0 radical (unpaired) electrons. The van der Waals surface area contributed by atoms with Crippen LogP contribution in [0.4, 0.5) is 0 Å². The van der Waals surface area contributed by atoms with Gasteiger partial charge in [0, 0.05) is 13.2 Å². The second kappa shape index (κ2) is 13.5. The molecule has 0 rings (SSSR count). The predicted molar refractivity (Wildman–Crippen MR) is 69.7 cm³/mol. The molecule has 100 valence electrons. The maximum Gasteiger partial charge on any atom is 0.143 e.